The summed E-state index contributed by atoms with van der Waals surface area (Å²) in [7, 11) is 0. The molecule has 1 atom stereocenters. The number of benzene rings is 2. The van der Waals surface area contributed by atoms with Crippen molar-refractivity contribution >= 4 is 21.6 Å². The number of nitrogens with zero attached hydrogens (tertiary/aromatic N) is 1. The highest BCUT2D eigenvalue weighted by Crippen LogP contribution is 2.34. The van der Waals surface area contributed by atoms with Gasteiger partial charge in [0.05, 0.1) is 6.04 Å². The number of hydrogen-bond acceptors (Lipinski definition) is 2. The summed E-state index contributed by atoms with van der Waals surface area (Å²) >= 11 is 3.48. The van der Waals surface area contributed by atoms with E-state index in [1.54, 1.807) is 6.07 Å². The average molecular weight is 334 g/mol. The lowest BCUT2D eigenvalue weighted by atomic mass is 10.0. The first-order valence-electron chi connectivity index (χ1n) is 6.85. The fourth-order valence-electron chi connectivity index (χ4n) is 2.57. The van der Waals surface area contributed by atoms with E-state index in [-0.39, 0.29) is 6.04 Å². The average Bonchev–Trinajstić information content (AvgIpc) is 2.44. The fraction of sp³-hybridized carbons (Fsp3) is 0.294. The zero-order valence-corrected chi connectivity index (χ0v) is 13.7. The molecule has 0 aromatic heterocycles. The third kappa shape index (κ3) is 2.98. The summed E-state index contributed by atoms with van der Waals surface area (Å²) in [5.74, 6) is 0.340. The van der Waals surface area contributed by atoms with Crippen LogP contribution in [0.5, 0.6) is 5.75 Å². The lowest BCUT2D eigenvalue weighted by molar-refractivity contribution is 0.461. The fourth-order valence-corrected chi connectivity index (χ4v) is 2.95. The first-order chi connectivity index (χ1) is 9.54. The van der Waals surface area contributed by atoms with Gasteiger partial charge in [0.15, 0.2) is 0 Å². The quantitative estimate of drug-likeness (QED) is 0.846. The molecule has 0 bridgehead atoms. The van der Waals surface area contributed by atoms with E-state index in [9.17, 15) is 5.11 Å². The van der Waals surface area contributed by atoms with Gasteiger partial charge < -0.3 is 10.0 Å². The Labute approximate surface area is 129 Å². The lowest BCUT2D eigenvalue weighted by Crippen LogP contribution is -2.27. The number of rotatable bonds is 4. The van der Waals surface area contributed by atoms with Crippen molar-refractivity contribution in [1.29, 1.82) is 0 Å². The SMILES string of the molecule is CCN(c1ccccc1C)C(C)c1cc(Br)ccc1O. The third-order valence-electron chi connectivity index (χ3n) is 3.67. The monoisotopic (exact) mass is 333 g/mol. The van der Waals surface area contributed by atoms with Gasteiger partial charge in [-0.1, -0.05) is 34.1 Å². The molecule has 2 rings (SSSR count). The van der Waals surface area contributed by atoms with Crippen LogP contribution in [0.15, 0.2) is 46.9 Å². The van der Waals surface area contributed by atoms with Crippen LogP contribution < -0.4 is 4.90 Å². The number of anilines is 1. The van der Waals surface area contributed by atoms with Crippen molar-refractivity contribution in [2.45, 2.75) is 26.8 Å². The number of aryl methyl sites for hydroxylation is 1. The van der Waals surface area contributed by atoms with Crippen LogP contribution in [-0.2, 0) is 0 Å². The Bertz CT molecular complexity index is 597. The van der Waals surface area contributed by atoms with Crippen LogP contribution in [0.4, 0.5) is 5.69 Å². The highest BCUT2D eigenvalue weighted by Gasteiger charge is 2.19. The molecule has 2 aromatic rings. The minimum atomic E-state index is 0.110. The van der Waals surface area contributed by atoms with E-state index in [1.165, 1.54) is 11.3 Å². The van der Waals surface area contributed by atoms with Crippen molar-refractivity contribution in [3.63, 3.8) is 0 Å². The van der Waals surface area contributed by atoms with Gasteiger partial charge in [0, 0.05) is 22.3 Å². The van der Waals surface area contributed by atoms with Gasteiger partial charge in [-0.2, -0.15) is 0 Å². The molecule has 3 heteroatoms. The van der Waals surface area contributed by atoms with Gasteiger partial charge in [0.2, 0.25) is 0 Å². The van der Waals surface area contributed by atoms with Gasteiger partial charge in [0.1, 0.15) is 5.75 Å². The van der Waals surface area contributed by atoms with Crippen LogP contribution in [0, 0.1) is 6.92 Å². The summed E-state index contributed by atoms with van der Waals surface area (Å²) < 4.78 is 0.984. The van der Waals surface area contributed by atoms with Gasteiger partial charge in [-0.25, -0.2) is 0 Å². The zero-order chi connectivity index (χ0) is 14.7. The molecule has 2 aromatic carbocycles. The van der Waals surface area contributed by atoms with Gasteiger partial charge in [-0.3, -0.25) is 0 Å². The Balaban J connectivity index is 2.41. The molecule has 0 heterocycles. The number of halogens is 1. The molecule has 106 valence electrons. The Morgan fingerprint density at radius 1 is 1.20 bits per heavy atom. The Hall–Kier alpha value is -1.48. The molecule has 0 amide bonds. The zero-order valence-electron chi connectivity index (χ0n) is 12.1. The largest absolute Gasteiger partial charge is 0.508 e. The van der Waals surface area contributed by atoms with Crippen LogP contribution in [0.25, 0.3) is 0 Å². The van der Waals surface area contributed by atoms with E-state index in [2.05, 4.69) is 59.8 Å². The molecular weight excluding hydrogens is 314 g/mol. The number of para-hydroxylation sites is 1. The summed E-state index contributed by atoms with van der Waals surface area (Å²) in [6.45, 7) is 7.26. The van der Waals surface area contributed by atoms with Gasteiger partial charge in [-0.15, -0.1) is 0 Å². The topological polar surface area (TPSA) is 23.5 Å². The second-order valence-electron chi connectivity index (χ2n) is 4.95. The number of aromatic hydroxyl groups is 1. The third-order valence-corrected chi connectivity index (χ3v) is 4.17. The predicted octanol–water partition coefficient (Wildman–Crippen LogP) is 5.05. The highest BCUT2D eigenvalue weighted by atomic mass is 79.9. The van der Waals surface area contributed by atoms with Crippen LogP contribution in [0.2, 0.25) is 0 Å². The molecular formula is C17H20BrNO. The molecule has 1 unspecified atom stereocenters. The van der Waals surface area contributed by atoms with Crippen molar-refractivity contribution in [1.82, 2.24) is 0 Å². The predicted molar refractivity (Wildman–Crippen MR) is 88.4 cm³/mol. The Morgan fingerprint density at radius 2 is 1.90 bits per heavy atom. The van der Waals surface area contributed by atoms with E-state index in [0.29, 0.717) is 5.75 Å². The standard InChI is InChI=1S/C17H20BrNO/c1-4-19(16-8-6-5-7-12(16)2)13(3)15-11-14(18)9-10-17(15)20/h5-11,13,20H,4H2,1-3H3. The Kier molecular flexibility index (Phi) is 4.71. The normalized spacial score (nSPS) is 12.2. The molecule has 0 spiro atoms. The van der Waals surface area contributed by atoms with Crippen molar-refractivity contribution in [2.75, 3.05) is 11.4 Å². The van der Waals surface area contributed by atoms with Crippen molar-refractivity contribution in [2.24, 2.45) is 0 Å². The molecule has 0 saturated heterocycles. The molecule has 1 N–H and O–H groups in total. The summed E-state index contributed by atoms with van der Waals surface area (Å²) in [6.07, 6.45) is 0. The number of phenols is 1. The molecule has 0 aliphatic rings. The van der Waals surface area contributed by atoms with Crippen LogP contribution in [0.3, 0.4) is 0 Å². The van der Waals surface area contributed by atoms with Gasteiger partial charge in [0.25, 0.3) is 0 Å². The summed E-state index contributed by atoms with van der Waals surface area (Å²) in [5.41, 5.74) is 3.39. The van der Waals surface area contributed by atoms with Crippen molar-refractivity contribution in [3.05, 3.63) is 58.1 Å². The van der Waals surface area contributed by atoms with E-state index >= 15 is 0 Å². The number of hydrogen-bond donors (Lipinski definition) is 1. The summed E-state index contributed by atoms with van der Waals surface area (Å²) in [6, 6.07) is 14.0. The van der Waals surface area contributed by atoms with Gasteiger partial charge in [-0.05, 0) is 50.6 Å². The minimum absolute atomic E-state index is 0.110. The molecule has 2 nitrogen and oxygen atoms in total. The molecule has 0 radical (unpaired) electrons. The molecule has 0 saturated carbocycles. The van der Waals surface area contributed by atoms with Crippen LogP contribution >= 0.6 is 15.9 Å². The summed E-state index contributed by atoms with van der Waals surface area (Å²) in [4.78, 5) is 2.30. The van der Waals surface area contributed by atoms with Crippen molar-refractivity contribution in [3.8, 4) is 5.75 Å². The maximum atomic E-state index is 10.1. The summed E-state index contributed by atoms with van der Waals surface area (Å²) in [5, 5.41) is 10.1. The van der Waals surface area contributed by atoms with E-state index < -0.39 is 0 Å². The van der Waals surface area contributed by atoms with Crippen molar-refractivity contribution < 1.29 is 5.11 Å². The van der Waals surface area contributed by atoms with Crippen LogP contribution in [0.1, 0.15) is 31.0 Å². The Morgan fingerprint density at radius 3 is 2.55 bits per heavy atom. The van der Waals surface area contributed by atoms with E-state index in [0.717, 1.165) is 16.6 Å². The molecule has 20 heavy (non-hydrogen) atoms. The highest BCUT2D eigenvalue weighted by molar-refractivity contribution is 9.10. The maximum Gasteiger partial charge on any atom is 0.120 e. The van der Waals surface area contributed by atoms with Gasteiger partial charge >= 0.3 is 0 Å². The second kappa shape index (κ2) is 6.31. The number of phenolic OH excluding ortho intramolecular Hbond substituents is 1. The van der Waals surface area contributed by atoms with E-state index in [1.807, 2.05) is 18.2 Å². The molecule has 0 aliphatic heterocycles. The second-order valence-corrected chi connectivity index (χ2v) is 5.87. The lowest BCUT2D eigenvalue weighted by Gasteiger charge is -2.32. The minimum Gasteiger partial charge on any atom is -0.508 e. The molecule has 0 aliphatic carbocycles. The maximum absolute atomic E-state index is 10.1. The van der Waals surface area contributed by atoms with Crippen LogP contribution in [-0.4, -0.2) is 11.7 Å². The molecule has 0 fully saturated rings. The smallest absolute Gasteiger partial charge is 0.120 e. The van der Waals surface area contributed by atoms with E-state index in [4.69, 9.17) is 0 Å². The first kappa shape index (κ1) is 14.9. The first-order valence-corrected chi connectivity index (χ1v) is 7.64.